The van der Waals surface area contributed by atoms with E-state index in [1.165, 1.54) is 0 Å². The summed E-state index contributed by atoms with van der Waals surface area (Å²) in [6, 6.07) is 0.975. The Balaban J connectivity index is 1.93. The maximum atomic E-state index is 11.7. The van der Waals surface area contributed by atoms with Gasteiger partial charge in [0.1, 0.15) is 11.9 Å². The van der Waals surface area contributed by atoms with Crippen molar-refractivity contribution in [2.45, 2.75) is 19.9 Å². The Morgan fingerprint density at radius 2 is 2.33 bits per heavy atom. The predicted octanol–water partition coefficient (Wildman–Crippen LogP) is 0.994. The Kier molecular flexibility index (Phi) is 3.26. The van der Waals surface area contributed by atoms with Crippen LogP contribution >= 0.6 is 0 Å². The molecule has 0 fully saturated rings. The fourth-order valence-electron chi connectivity index (χ4n) is 1.40. The van der Waals surface area contributed by atoms with Crippen molar-refractivity contribution in [3.05, 3.63) is 24.0 Å². The van der Waals surface area contributed by atoms with Crippen LogP contribution in [0.15, 0.2) is 16.8 Å². The normalized spacial score (nSPS) is 12.2. The number of aryl methyl sites for hydroxylation is 2. The Morgan fingerprint density at radius 1 is 1.56 bits per heavy atom. The summed E-state index contributed by atoms with van der Waals surface area (Å²) < 4.78 is 6.52. The molecule has 0 aliphatic rings. The van der Waals surface area contributed by atoms with Crippen LogP contribution in [0.2, 0.25) is 0 Å². The molecular weight excluding hydrogens is 236 g/mol. The summed E-state index contributed by atoms with van der Waals surface area (Å²) in [6.45, 7) is 3.48. The monoisotopic (exact) mass is 250 g/mol. The highest BCUT2D eigenvalue weighted by atomic mass is 16.5. The zero-order valence-electron chi connectivity index (χ0n) is 10.3. The van der Waals surface area contributed by atoms with E-state index in [2.05, 4.69) is 25.9 Å². The third-order valence-electron chi connectivity index (χ3n) is 2.32. The first-order chi connectivity index (χ1) is 8.56. The van der Waals surface area contributed by atoms with Crippen LogP contribution < -0.4 is 10.6 Å². The summed E-state index contributed by atoms with van der Waals surface area (Å²) in [6.07, 6.45) is 1.60. The van der Waals surface area contributed by atoms with Crippen LogP contribution in [0.3, 0.4) is 0 Å². The number of rotatable bonds is 3. The van der Waals surface area contributed by atoms with E-state index in [1.54, 1.807) is 37.8 Å². The molecule has 18 heavy (non-hydrogen) atoms. The number of anilines is 1. The molecule has 8 heteroatoms. The molecule has 0 aliphatic carbocycles. The largest absolute Gasteiger partial charge is 0.337 e. The predicted molar refractivity (Wildman–Crippen MR) is 62.8 cm³/mol. The van der Waals surface area contributed by atoms with Crippen LogP contribution in [0.25, 0.3) is 0 Å². The average Bonchev–Trinajstić information content (AvgIpc) is 2.89. The molecule has 0 spiro atoms. The minimum Gasteiger partial charge on any atom is -0.337 e. The van der Waals surface area contributed by atoms with Crippen molar-refractivity contribution in [2.24, 2.45) is 7.05 Å². The molecule has 2 aromatic heterocycles. The number of hydrogen-bond donors (Lipinski definition) is 2. The number of carbonyl (C=O) groups is 1. The van der Waals surface area contributed by atoms with Crippen LogP contribution in [-0.2, 0) is 7.05 Å². The molecule has 0 aliphatic heterocycles. The lowest BCUT2D eigenvalue weighted by atomic mass is 10.3. The van der Waals surface area contributed by atoms with Gasteiger partial charge in [0.05, 0.1) is 6.20 Å². The number of carbonyl (C=O) groups excluding carboxylic acids is 1. The van der Waals surface area contributed by atoms with Gasteiger partial charge in [0.25, 0.3) is 0 Å². The molecule has 0 saturated heterocycles. The number of urea groups is 1. The number of amides is 2. The molecule has 2 aromatic rings. The number of aromatic nitrogens is 4. The lowest BCUT2D eigenvalue weighted by Crippen LogP contribution is -2.32. The lowest BCUT2D eigenvalue weighted by Gasteiger charge is -2.10. The van der Waals surface area contributed by atoms with Crippen molar-refractivity contribution in [1.29, 1.82) is 0 Å². The van der Waals surface area contributed by atoms with Gasteiger partial charge in [-0.2, -0.15) is 10.1 Å². The van der Waals surface area contributed by atoms with Gasteiger partial charge in [-0.25, -0.2) is 4.79 Å². The van der Waals surface area contributed by atoms with Crippen molar-refractivity contribution in [2.75, 3.05) is 5.32 Å². The summed E-state index contributed by atoms with van der Waals surface area (Å²) in [4.78, 5) is 15.7. The fraction of sp³-hybridized carbons (Fsp3) is 0.400. The van der Waals surface area contributed by atoms with Crippen molar-refractivity contribution in [1.82, 2.24) is 25.2 Å². The molecule has 2 rings (SSSR count). The smallest absolute Gasteiger partial charge is 0.321 e. The molecule has 0 bridgehead atoms. The van der Waals surface area contributed by atoms with Crippen molar-refractivity contribution in [3.63, 3.8) is 0 Å². The highest BCUT2D eigenvalue weighted by Gasteiger charge is 2.15. The summed E-state index contributed by atoms with van der Waals surface area (Å²) in [5.74, 6) is 1.50. The molecule has 1 atom stereocenters. The third-order valence-corrected chi connectivity index (χ3v) is 2.32. The van der Waals surface area contributed by atoms with E-state index >= 15 is 0 Å². The van der Waals surface area contributed by atoms with Gasteiger partial charge < -0.3 is 9.84 Å². The van der Waals surface area contributed by atoms with Crippen LogP contribution in [-0.4, -0.2) is 26.0 Å². The van der Waals surface area contributed by atoms with E-state index in [0.717, 1.165) is 0 Å². The molecule has 2 N–H and O–H groups in total. The van der Waals surface area contributed by atoms with Crippen LogP contribution in [0.5, 0.6) is 0 Å². The second-order valence-corrected chi connectivity index (χ2v) is 3.84. The first-order valence-corrected chi connectivity index (χ1v) is 5.42. The van der Waals surface area contributed by atoms with Gasteiger partial charge in [0.15, 0.2) is 5.82 Å². The molecule has 0 aromatic carbocycles. The topological polar surface area (TPSA) is 97.9 Å². The molecule has 8 nitrogen and oxygen atoms in total. The van der Waals surface area contributed by atoms with Crippen molar-refractivity contribution < 1.29 is 9.32 Å². The zero-order valence-corrected chi connectivity index (χ0v) is 10.3. The van der Waals surface area contributed by atoms with E-state index < -0.39 is 0 Å². The quantitative estimate of drug-likeness (QED) is 0.846. The van der Waals surface area contributed by atoms with Gasteiger partial charge in [0, 0.05) is 13.1 Å². The van der Waals surface area contributed by atoms with Gasteiger partial charge in [-0.3, -0.25) is 10.00 Å². The first kappa shape index (κ1) is 12.1. The molecule has 96 valence electrons. The zero-order chi connectivity index (χ0) is 13.1. The van der Waals surface area contributed by atoms with E-state index in [-0.39, 0.29) is 12.1 Å². The number of nitrogens with zero attached hydrogens (tertiary/aromatic N) is 4. The number of nitrogens with one attached hydrogen (secondary N) is 2. The number of hydrogen-bond acceptors (Lipinski definition) is 5. The van der Waals surface area contributed by atoms with Gasteiger partial charge in [-0.15, -0.1) is 0 Å². The van der Waals surface area contributed by atoms with Crippen LogP contribution in [0, 0.1) is 6.92 Å². The molecule has 2 amide bonds. The summed E-state index contributed by atoms with van der Waals surface area (Å²) in [5, 5.41) is 13.0. The maximum absolute atomic E-state index is 11.7. The molecular formula is C10H14N6O2. The van der Waals surface area contributed by atoms with E-state index in [4.69, 9.17) is 4.52 Å². The second-order valence-electron chi connectivity index (χ2n) is 3.84. The van der Waals surface area contributed by atoms with E-state index in [1.807, 2.05) is 0 Å². The SMILES string of the molecule is Cc1noc(C(C)NC(=O)Nc2ccnn2C)n1. The Bertz CT molecular complexity index is 546. The van der Waals surface area contributed by atoms with Crippen LogP contribution in [0.4, 0.5) is 10.6 Å². The van der Waals surface area contributed by atoms with Gasteiger partial charge >= 0.3 is 6.03 Å². The van der Waals surface area contributed by atoms with Crippen molar-refractivity contribution >= 4 is 11.8 Å². The lowest BCUT2D eigenvalue weighted by molar-refractivity contribution is 0.245. The highest BCUT2D eigenvalue weighted by Crippen LogP contribution is 2.09. The Morgan fingerprint density at radius 3 is 2.89 bits per heavy atom. The maximum Gasteiger partial charge on any atom is 0.321 e. The minimum atomic E-state index is -0.362. The molecule has 0 saturated carbocycles. The van der Waals surface area contributed by atoms with E-state index in [9.17, 15) is 4.79 Å². The molecule has 0 radical (unpaired) electrons. The van der Waals surface area contributed by atoms with Crippen LogP contribution in [0.1, 0.15) is 24.7 Å². The van der Waals surface area contributed by atoms with E-state index in [0.29, 0.717) is 17.5 Å². The second kappa shape index (κ2) is 4.86. The Labute approximate surface area is 103 Å². The average molecular weight is 250 g/mol. The van der Waals surface area contributed by atoms with Gasteiger partial charge in [0.2, 0.25) is 5.89 Å². The Hall–Kier alpha value is -2.38. The molecule has 1 unspecified atom stereocenters. The summed E-state index contributed by atoms with van der Waals surface area (Å²) >= 11 is 0. The third kappa shape index (κ3) is 2.65. The van der Waals surface area contributed by atoms with Gasteiger partial charge in [-0.05, 0) is 13.8 Å². The first-order valence-electron chi connectivity index (χ1n) is 5.42. The highest BCUT2D eigenvalue weighted by molar-refractivity contribution is 5.88. The van der Waals surface area contributed by atoms with Crippen molar-refractivity contribution in [3.8, 4) is 0 Å². The fourth-order valence-corrected chi connectivity index (χ4v) is 1.40. The molecule has 2 heterocycles. The standard InChI is InChI=1S/C10H14N6O2/c1-6(9-13-7(2)15-18-9)12-10(17)14-8-4-5-11-16(8)3/h4-6H,1-3H3,(H2,12,14,17). The summed E-state index contributed by atoms with van der Waals surface area (Å²) in [7, 11) is 1.74. The van der Waals surface area contributed by atoms with Gasteiger partial charge in [-0.1, -0.05) is 5.16 Å². The summed E-state index contributed by atoms with van der Waals surface area (Å²) in [5.41, 5.74) is 0. The minimum absolute atomic E-state index is 0.359.